The number of benzene rings is 3. The monoisotopic (exact) mass is 554 g/mol. The van der Waals surface area contributed by atoms with Gasteiger partial charge in [0, 0.05) is 38.4 Å². The molecule has 3 aromatic rings. The summed E-state index contributed by atoms with van der Waals surface area (Å²) >= 11 is 6.36. The van der Waals surface area contributed by atoms with Crippen molar-refractivity contribution in [3.8, 4) is 17.2 Å². The molecular weight excluding hydrogens is 516 g/mol. The first-order valence-electron chi connectivity index (χ1n) is 13.2. The normalized spacial score (nSPS) is 15.5. The van der Waals surface area contributed by atoms with Crippen molar-refractivity contribution in [3.05, 3.63) is 85.9 Å². The Labute approximate surface area is 236 Å². The summed E-state index contributed by atoms with van der Waals surface area (Å²) in [6.07, 6.45) is 0. The molecule has 0 aliphatic carbocycles. The number of rotatable bonds is 0. The van der Waals surface area contributed by atoms with Crippen molar-refractivity contribution in [2.75, 3.05) is 0 Å². The molecule has 39 heavy (non-hydrogen) atoms. The molecule has 0 saturated heterocycles. The number of phenolic OH excluding ortho intramolecular Hbond substituents is 3. The maximum Gasteiger partial charge on any atom is 0.126 e. The number of phenols is 3. The Hall–Kier alpha value is -2.77. The first-order chi connectivity index (χ1) is 18.2. The number of ether oxygens (including phenoxy) is 3. The summed E-state index contributed by atoms with van der Waals surface area (Å²) in [5.41, 5.74) is 5.35. The van der Waals surface area contributed by atoms with Gasteiger partial charge in [0.2, 0.25) is 0 Å². The van der Waals surface area contributed by atoms with Crippen LogP contribution in [-0.2, 0) is 64.7 Å². The molecule has 0 saturated carbocycles. The summed E-state index contributed by atoms with van der Waals surface area (Å²) < 4.78 is 18.0. The van der Waals surface area contributed by atoms with Gasteiger partial charge in [0.1, 0.15) is 17.2 Å². The molecule has 0 spiro atoms. The smallest absolute Gasteiger partial charge is 0.126 e. The minimum absolute atomic E-state index is 0.0515. The van der Waals surface area contributed by atoms with Crippen molar-refractivity contribution >= 4 is 11.6 Å². The van der Waals surface area contributed by atoms with Gasteiger partial charge in [-0.05, 0) is 58.4 Å². The van der Waals surface area contributed by atoms with Crippen LogP contribution in [0, 0.1) is 0 Å². The quantitative estimate of drug-likeness (QED) is 0.266. The molecule has 7 heteroatoms. The van der Waals surface area contributed by atoms with Crippen LogP contribution in [0.15, 0.2) is 36.4 Å². The fourth-order valence-corrected chi connectivity index (χ4v) is 4.84. The zero-order chi connectivity index (χ0) is 28.5. The summed E-state index contributed by atoms with van der Waals surface area (Å²) in [5, 5.41) is 33.6. The predicted molar refractivity (Wildman–Crippen MR) is 152 cm³/mol. The zero-order valence-electron chi connectivity index (χ0n) is 23.7. The van der Waals surface area contributed by atoms with Crippen molar-refractivity contribution < 1.29 is 29.5 Å². The summed E-state index contributed by atoms with van der Waals surface area (Å²) in [6.45, 7) is 13.4. The average molecular weight is 555 g/mol. The lowest BCUT2D eigenvalue weighted by Gasteiger charge is -2.24. The molecule has 3 N–H and O–H groups in total. The molecule has 0 unspecified atom stereocenters. The number of hydrogen-bond donors (Lipinski definition) is 3. The molecule has 6 bridgehead atoms. The van der Waals surface area contributed by atoms with Crippen LogP contribution in [0.4, 0.5) is 0 Å². The molecular formula is C32H39ClO6. The Morgan fingerprint density at radius 2 is 0.718 bits per heavy atom. The van der Waals surface area contributed by atoms with E-state index in [4.69, 9.17) is 25.8 Å². The van der Waals surface area contributed by atoms with Gasteiger partial charge in [-0.25, -0.2) is 0 Å². The lowest BCUT2D eigenvalue weighted by Crippen LogP contribution is -2.14. The highest BCUT2D eigenvalue weighted by Gasteiger charge is 2.22. The van der Waals surface area contributed by atoms with Crippen LogP contribution in [0.5, 0.6) is 17.2 Å². The molecule has 0 amide bonds. The minimum atomic E-state index is -0.164. The zero-order valence-corrected chi connectivity index (χ0v) is 24.4. The first-order valence-corrected chi connectivity index (χ1v) is 13.6. The largest absolute Gasteiger partial charge is 0.507 e. The van der Waals surface area contributed by atoms with Gasteiger partial charge in [-0.1, -0.05) is 53.1 Å². The van der Waals surface area contributed by atoms with E-state index in [1.54, 1.807) is 12.1 Å². The van der Waals surface area contributed by atoms with Gasteiger partial charge < -0.3 is 29.5 Å². The SMILES string of the molecule is CC(C)(C)c1cc2c(O)c(c1)COCc1cc(C(C)(C)C)cc(c1O)COCc1cc(Cl)cc(c1O)COC2. The van der Waals surface area contributed by atoms with Gasteiger partial charge in [0.25, 0.3) is 0 Å². The maximum absolute atomic E-state index is 11.1. The summed E-state index contributed by atoms with van der Waals surface area (Å²) in [6, 6.07) is 11.1. The third-order valence-electron chi connectivity index (χ3n) is 7.05. The Morgan fingerprint density at radius 3 is 0.949 bits per heavy atom. The second-order valence-corrected chi connectivity index (χ2v) is 12.8. The fourth-order valence-electron chi connectivity index (χ4n) is 4.58. The molecule has 0 atom stereocenters. The maximum atomic E-state index is 11.1. The van der Waals surface area contributed by atoms with Crippen molar-refractivity contribution in [1.82, 2.24) is 0 Å². The molecule has 210 valence electrons. The van der Waals surface area contributed by atoms with Crippen LogP contribution < -0.4 is 0 Å². The summed E-state index contributed by atoms with van der Waals surface area (Å²) in [4.78, 5) is 0. The van der Waals surface area contributed by atoms with Crippen LogP contribution in [0.1, 0.15) is 86.1 Å². The van der Waals surface area contributed by atoms with Crippen LogP contribution in [0.2, 0.25) is 5.02 Å². The van der Waals surface area contributed by atoms with E-state index in [1.165, 1.54) is 0 Å². The van der Waals surface area contributed by atoms with Crippen LogP contribution >= 0.6 is 11.6 Å². The third kappa shape index (κ3) is 6.87. The molecule has 0 radical (unpaired) electrons. The van der Waals surface area contributed by atoms with E-state index < -0.39 is 0 Å². The number of aromatic hydroxyl groups is 3. The van der Waals surface area contributed by atoms with E-state index in [1.807, 2.05) is 24.3 Å². The Bertz CT molecular complexity index is 1250. The van der Waals surface area contributed by atoms with Crippen molar-refractivity contribution in [2.24, 2.45) is 0 Å². The van der Waals surface area contributed by atoms with Crippen molar-refractivity contribution in [2.45, 2.75) is 92.0 Å². The topological polar surface area (TPSA) is 88.4 Å². The number of halogens is 1. The minimum Gasteiger partial charge on any atom is -0.507 e. The second kappa shape index (κ2) is 11.4. The predicted octanol–water partition coefficient (Wildman–Crippen LogP) is 7.52. The number of hydrogen-bond acceptors (Lipinski definition) is 6. The van der Waals surface area contributed by atoms with Crippen molar-refractivity contribution in [3.63, 3.8) is 0 Å². The van der Waals surface area contributed by atoms with Crippen molar-refractivity contribution in [1.29, 1.82) is 0 Å². The fraction of sp³-hybridized carbons (Fsp3) is 0.438. The van der Waals surface area contributed by atoms with E-state index >= 15 is 0 Å². The highest BCUT2D eigenvalue weighted by molar-refractivity contribution is 6.30. The highest BCUT2D eigenvalue weighted by atomic mass is 35.5. The van der Waals surface area contributed by atoms with Gasteiger partial charge >= 0.3 is 0 Å². The summed E-state index contributed by atoms with van der Waals surface area (Å²) in [5.74, 6) is 0.277. The molecule has 4 rings (SSSR count). The first kappa shape index (κ1) is 29.2. The van der Waals surface area contributed by atoms with Gasteiger partial charge in [-0.15, -0.1) is 0 Å². The van der Waals surface area contributed by atoms with Crippen LogP contribution in [0.25, 0.3) is 0 Å². The van der Waals surface area contributed by atoms with Crippen LogP contribution in [-0.4, -0.2) is 15.3 Å². The van der Waals surface area contributed by atoms with Gasteiger partial charge in [-0.2, -0.15) is 0 Å². The third-order valence-corrected chi connectivity index (χ3v) is 7.26. The summed E-state index contributed by atoms with van der Waals surface area (Å²) in [7, 11) is 0. The molecule has 0 fully saturated rings. The number of fused-ring (bicyclic) bond motifs is 6. The van der Waals surface area contributed by atoms with Gasteiger partial charge in [0.15, 0.2) is 0 Å². The van der Waals surface area contributed by atoms with E-state index in [0.717, 1.165) is 11.1 Å². The van der Waals surface area contributed by atoms with Gasteiger partial charge in [0.05, 0.1) is 39.6 Å². The average Bonchev–Trinajstić information content (AvgIpc) is 2.83. The van der Waals surface area contributed by atoms with E-state index in [-0.39, 0.29) is 67.7 Å². The Kier molecular flexibility index (Phi) is 8.52. The van der Waals surface area contributed by atoms with Crippen LogP contribution in [0.3, 0.4) is 0 Å². The molecule has 1 aliphatic heterocycles. The second-order valence-electron chi connectivity index (χ2n) is 12.3. The lowest BCUT2D eigenvalue weighted by atomic mass is 9.84. The van der Waals surface area contributed by atoms with E-state index in [2.05, 4.69) is 41.5 Å². The standard InChI is InChI=1S/C32H39ClO6/c1-31(2,3)25-7-19-13-37-14-20-8-26(32(4,5)6)10-22(29(20)35)16-39-18-24-12-27(33)11-23(30(24)36)17-38-15-21(9-25)28(19)34/h7-12,34-36H,13-18H2,1-6H3. The lowest BCUT2D eigenvalue weighted by molar-refractivity contribution is 0.0929. The Balaban J connectivity index is 1.79. The van der Waals surface area contributed by atoms with Gasteiger partial charge in [-0.3, -0.25) is 0 Å². The molecule has 1 aliphatic rings. The molecule has 6 nitrogen and oxygen atoms in total. The Morgan fingerprint density at radius 1 is 0.487 bits per heavy atom. The molecule has 0 aromatic heterocycles. The van der Waals surface area contributed by atoms with E-state index in [0.29, 0.717) is 38.4 Å². The molecule has 3 aromatic carbocycles. The highest BCUT2D eigenvalue weighted by Crippen LogP contribution is 2.36. The molecule has 1 heterocycles. The van der Waals surface area contributed by atoms with E-state index in [9.17, 15) is 15.3 Å².